The Balaban J connectivity index is 1.63. The van der Waals surface area contributed by atoms with Gasteiger partial charge in [-0.25, -0.2) is 14.1 Å². The molecule has 1 saturated heterocycles. The third kappa shape index (κ3) is 3.61. The lowest BCUT2D eigenvalue weighted by atomic mass is 9.86. The van der Waals surface area contributed by atoms with Crippen LogP contribution in [0, 0.1) is 11.2 Å². The Morgan fingerprint density at radius 2 is 1.97 bits per heavy atom. The minimum absolute atomic E-state index is 0.00388. The number of ether oxygens (including phenoxy) is 1. The Morgan fingerprint density at radius 1 is 1.25 bits per heavy atom. The average Bonchev–Trinajstić information content (AvgIpc) is 3.19. The number of aromatic nitrogens is 2. The van der Waals surface area contributed by atoms with Crippen molar-refractivity contribution in [2.75, 3.05) is 14.2 Å². The van der Waals surface area contributed by atoms with E-state index in [0.29, 0.717) is 29.0 Å². The van der Waals surface area contributed by atoms with Gasteiger partial charge >= 0.3 is 6.18 Å². The van der Waals surface area contributed by atoms with Gasteiger partial charge < -0.3 is 15.0 Å². The molecule has 2 aliphatic rings. The van der Waals surface area contributed by atoms with Crippen molar-refractivity contribution in [1.82, 2.24) is 20.0 Å². The molecule has 3 heterocycles. The molecule has 2 aliphatic heterocycles. The summed E-state index contributed by atoms with van der Waals surface area (Å²) in [4.78, 5) is 18.7. The standard InChI is InChI=1S/C21H21F4N5O2/c1-20(2)13-10-29(3)18(26-17(13)27-19(20)31)15-8-16(32-4)30(28-15)9-11-5-6-12(14(22)7-11)21(23,24)25/h5-8,10,18H,9H2,1-4H3,(H,26,27,31). The molecule has 1 unspecified atom stereocenters. The molecule has 32 heavy (non-hydrogen) atoms. The molecule has 1 N–H and O–H groups in total. The second-order valence-corrected chi connectivity index (χ2v) is 8.22. The molecular formula is C21H21F4N5O2. The first-order chi connectivity index (χ1) is 14.9. The zero-order valence-corrected chi connectivity index (χ0v) is 17.8. The molecule has 0 saturated carbocycles. The van der Waals surface area contributed by atoms with Gasteiger partial charge in [-0.15, -0.1) is 0 Å². The Bertz CT molecular complexity index is 1150. The highest BCUT2D eigenvalue weighted by Gasteiger charge is 2.45. The Morgan fingerprint density at radius 3 is 2.59 bits per heavy atom. The molecule has 4 rings (SSSR count). The lowest BCUT2D eigenvalue weighted by Gasteiger charge is -2.29. The third-order valence-corrected chi connectivity index (χ3v) is 5.60. The first kappa shape index (κ1) is 21.8. The summed E-state index contributed by atoms with van der Waals surface area (Å²) >= 11 is 0. The summed E-state index contributed by atoms with van der Waals surface area (Å²) in [6, 6.07) is 4.39. The predicted octanol–water partition coefficient (Wildman–Crippen LogP) is 3.48. The number of carbonyl (C=O) groups excluding carboxylic acids is 1. The number of hydrogen-bond donors (Lipinski definition) is 1. The fourth-order valence-electron chi connectivity index (χ4n) is 3.72. The lowest BCUT2D eigenvalue weighted by molar-refractivity contribution is -0.140. The van der Waals surface area contributed by atoms with E-state index in [4.69, 9.17) is 4.74 Å². The van der Waals surface area contributed by atoms with E-state index >= 15 is 0 Å². The van der Waals surface area contributed by atoms with Crippen LogP contribution in [0.15, 0.2) is 41.0 Å². The van der Waals surface area contributed by atoms with Crippen molar-refractivity contribution < 1.29 is 27.1 Å². The van der Waals surface area contributed by atoms with Crippen LogP contribution in [0.3, 0.4) is 0 Å². The molecular weight excluding hydrogens is 430 g/mol. The number of halogens is 4. The summed E-state index contributed by atoms with van der Waals surface area (Å²) in [5.74, 6) is -0.693. The topological polar surface area (TPSA) is 71.8 Å². The van der Waals surface area contributed by atoms with E-state index in [2.05, 4.69) is 15.4 Å². The molecule has 2 aromatic rings. The number of amides is 1. The molecule has 1 aromatic heterocycles. The number of alkyl halides is 3. The minimum atomic E-state index is -4.76. The van der Waals surface area contributed by atoms with Crippen molar-refractivity contribution in [3.63, 3.8) is 0 Å². The monoisotopic (exact) mass is 451 g/mol. The number of hydrogen-bond acceptors (Lipinski definition) is 5. The predicted molar refractivity (Wildman–Crippen MR) is 107 cm³/mol. The van der Waals surface area contributed by atoms with Gasteiger partial charge in [-0.1, -0.05) is 6.07 Å². The summed E-state index contributed by atoms with van der Waals surface area (Å²) in [6.07, 6.45) is -3.48. The summed E-state index contributed by atoms with van der Waals surface area (Å²) in [5.41, 5.74) is -0.467. The second kappa shape index (κ2) is 7.35. The van der Waals surface area contributed by atoms with Crippen molar-refractivity contribution in [3.8, 4) is 5.88 Å². The molecule has 0 radical (unpaired) electrons. The van der Waals surface area contributed by atoms with Crippen LogP contribution in [0.2, 0.25) is 0 Å². The smallest absolute Gasteiger partial charge is 0.419 e. The molecule has 1 aromatic carbocycles. The highest BCUT2D eigenvalue weighted by atomic mass is 19.4. The van der Waals surface area contributed by atoms with Crippen molar-refractivity contribution in [2.24, 2.45) is 10.4 Å². The van der Waals surface area contributed by atoms with Crippen molar-refractivity contribution >= 4 is 11.7 Å². The van der Waals surface area contributed by atoms with Crippen LogP contribution in [0.5, 0.6) is 5.88 Å². The van der Waals surface area contributed by atoms with Gasteiger partial charge in [-0.2, -0.15) is 18.3 Å². The summed E-state index contributed by atoms with van der Waals surface area (Å²) in [7, 11) is 3.23. The molecule has 0 aliphatic carbocycles. The number of fused-ring (bicyclic) bond motifs is 1. The van der Waals surface area contributed by atoms with Crippen LogP contribution < -0.4 is 10.1 Å². The van der Waals surface area contributed by atoms with Crippen molar-refractivity contribution in [1.29, 1.82) is 0 Å². The number of nitrogens with one attached hydrogen (secondary N) is 1. The zero-order valence-electron chi connectivity index (χ0n) is 17.8. The molecule has 0 spiro atoms. The highest BCUT2D eigenvalue weighted by Crippen LogP contribution is 2.38. The number of carbonyl (C=O) groups is 1. The molecule has 170 valence electrons. The largest absolute Gasteiger partial charge is 0.481 e. The fourth-order valence-corrected chi connectivity index (χ4v) is 3.72. The zero-order chi connectivity index (χ0) is 23.4. The number of amidine groups is 1. The van der Waals surface area contributed by atoms with E-state index < -0.39 is 29.1 Å². The van der Waals surface area contributed by atoms with Crippen LogP contribution in [-0.2, 0) is 17.5 Å². The van der Waals surface area contributed by atoms with Crippen molar-refractivity contribution in [2.45, 2.75) is 32.7 Å². The SMILES string of the molecule is COc1cc(C2N=C3NC(=O)C(C)(C)C3=CN2C)nn1Cc1ccc(C(F)(F)F)c(F)c1. The number of rotatable bonds is 4. The van der Waals surface area contributed by atoms with E-state index in [1.54, 1.807) is 13.1 Å². The summed E-state index contributed by atoms with van der Waals surface area (Å²) < 4.78 is 59.1. The van der Waals surface area contributed by atoms with Crippen molar-refractivity contribution in [3.05, 3.63) is 58.7 Å². The highest BCUT2D eigenvalue weighted by molar-refractivity contribution is 6.19. The minimum Gasteiger partial charge on any atom is -0.481 e. The van der Waals surface area contributed by atoms with E-state index in [1.807, 2.05) is 24.9 Å². The van der Waals surface area contributed by atoms with Gasteiger partial charge in [0.2, 0.25) is 11.8 Å². The number of methoxy groups -OCH3 is 1. The van der Waals surface area contributed by atoms with Gasteiger partial charge in [0.15, 0.2) is 6.17 Å². The molecule has 7 nitrogen and oxygen atoms in total. The van der Waals surface area contributed by atoms with Gasteiger partial charge in [0.05, 0.1) is 24.6 Å². The Labute approximate surface area is 181 Å². The van der Waals surface area contributed by atoms with Crippen LogP contribution in [0.1, 0.15) is 36.8 Å². The van der Waals surface area contributed by atoms with E-state index in [9.17, 15) is 22.4 Å². The van der Waals surface area contributed by atoms with Gasteiger partial charge in [0, 0.05) is 24.9 Å². The molecule has 1 fully saturated rings. The van der Waals surface area contributed by atoms with Crippen LogP contribution >= 0.6 is 0 Å². The first-order valence-corrected chi connectivity index (χ1v) is 9.73. The molecule has 1 atom stereocenters. The summed E-state index contributed by atoms with van der Waals surface area (Å²) in [6.45, 7) is 3.62. The molecule has 11 heteroatoms. The van der Waals surface area contributed by atoms with Gasteiger partial charge in [-0.3, -0.25) is 4.79 Å². The van der Waals surface area contributed by atoms with Crippen LogP contribution in [0.25, 0.3) is 0 Å². The van der Waals surface area contributed by atoms with Gasteiger partial charge in [0.25, 0.3) is 0 Å². The maximum absolute atomic E-state index is 14.0. The number of aliphatic imine (C=N–C) groups is 1. The second-order valence-electron chi connectivity index (χ2n) is 8.22. The number of nitrogens with zero attached hydrogens (tertiary/aromatic N) is 4. The van der Waals surface area contributed by atoms with E-state index in [1.165, 1.54) is 17.9 Å². The van der Waals surface area contributed by atoms with Crippen LogP contribution in [-0.4, -0.2) is 40.6 Å². The van der Waals surface area contributed by atoms with E-state index in [-0.39, 0.29) is 12.5 Å². The third-order valence-electron chi connectivity index (χ3n) is 5.60. The average molecular weight is 451 g/mol. The van der Waals surface area contributed by atoms with E-state index in [0.717, 1.165) is 11.6 Å². The number of benzene rings is 1. The molecule has 0 bridgehead atoms. The van der Waals surface area contributed by atoms with Gasteiger partial charge in [0.1, 0.15) is 17.3 Å². The lowest BCUT2D eigenvalue weighted by Crippen LogP contribution is -2.29. The Hall–Kier alpha value is -3.37. The normalized spacial score (nSPS) is 19.9. The molecule has 1 amide bonds. The maximum atomic E-state index is 14.0. The quantitative estimate of drug-likeness (QED) is 0.723. The maximum Gasteiger partial charge on any atom is 0.419 e. The Kier molecular flexibility index (Phi) is 5.02. The summed E-state index contributed by atoms with van der Waals surface area (Å²) in [5, 5.41) is 7.26. The first-order valence-electron chi connectivity index (χ1n) is 9.73. The van der Waals surface area contributed by atoms with Crippen LogP contribution in [0.4, 0.5) is 17.6 Å². The van der Waals surface area contributed by atoms with Gasteiger partial charge in [-0.05, 0) is 31.5 Å². The fraction of sp³-hybridized carbons (Fsp3) is 0.381.